The summed E-state index contributed by atoms with van der Waals surface area (Å²) in [5.74, 6) is -2.95. The first kappa shape index (κ1) is 14.4. The third-order valence-electron chi connectivity index (χ3n) is 4.01. The zero-order valence-electron chi connectivity index (χ0n) is 11.8. The molecule has 1 aromatic carbocycles. The van der Waals surface area contributed by atoms with Gasteiger partial charge in [-0.15, -0.1) is 0 Å². The van der Waals surface area contributed by atoms with Gasteiger partial charge >= 0.3 is 0 Å². The van der Waals surface area contributed by atoms with Crippen molar-refractivity contribution in [1.29, 1.82) is 0 Å². The average Bonchev–Trinajstić information content (AvgIpc) is 2.72. The fourth-order valence-electron chi connectivity index (χ4n) is 2.94. The number of carbonyl (C=O) groups is 4. The number of piperidine rings is 1. The van der Waals surface area contributed by atoms with Crippen LogP contribution < -0.4 is 5.32 Å². The summed E-state index contributed by atoms with van der Waals surface area (Å²) in [5, 5.41) is 2.12. The summed E-state index contributed by atoms with van der Waals surface area (Å²) >= 11 is 0. The lowest BCUT2D eigenvalue weighted by Crippen LogP contribution is -2.54. The molecule has 4 amide bonds. The molecular weight excluding hydrogens is 291 g/mol. The van der Waals surface area contributed by atoms with E-state index in [9.17, 15) is 23.6 Å². The second-order valence-electron chi connectivity index (χ2n) is 5.25. The highest BCUT2D eigenvalue weighted by Crippen LogP contribution is 2.31. The molecule has 22 heavy (non-hydrogen) atoms. The van der Waals surface area contributed by atoms with Crippen LogP contribution in [0.4, 0.5) is 4.39 Å². The van der Waals surface area contributed by atoms with Crippen LogP contribution >= 0.6 is 0 Å². The molecule has 1 fully saturated rings. The lowest BCUT2D eigenvalue weighted by Gasteiger charge is -2.27. The van der Waals surface area contributed by atoms with Crippen molar-refractivity contribution in [2.45, 2.75) is 32.2 Å². The average molecular weight is 304 g/mol. The van der Waals surface area contributed by atoms with Crippen LogP contribution in [0.25, 0.3) is 0 Å². The number of amides is 4. The normalized spacial score (nSPS) is 21.2. The summed E-state index contributed by atoms with van der Waals surface area (Å²) in [7, 11) is 0. The van der Waals surface area contributed by atoms with Crippen LogP contribution in [0.5, 0.6) is 0 Å². The number of hydrogen-bond acceptors (Lipinski definition) is 4. The highest BCUT2D eigenvalue weighted by Gasteiger charge is 2.45. The molecular formula is C15H13FN2O4. The summed E-state index contributed by atoms with van der Waals surface area (Å²) in [6, 6.07) is 1.38. The van der Waals surface area contributed by atoms with Gasteiger partial charge in [-0.05, 0) is 25.0 Å². The van der Waals surface area contributed by atoms with Crippen LogP contribution in [0.3, 0.4) is 0 Å². The van der Waals surface area contributed by atoms with Crippen LogP contribution in [-0.4, -0.2) is 34.6 Å². The maximum atomic E-state index is 13.8. The number of benzene rings is 1. The first-order valence-corrected chi connectivity index (χ1v) is 6.98. The van der Waals surface area contributed by atoms with Crippen LogP contribution in [-0.2, 0) is 16.0 Å². The Morgan fingerprint density at radius 1 is 1.23 bits per heavy atom. The number of fused-ring (bicyclic) bond motifs is 1. The first-order chi connectivity index (χ1) is 10.5. The van der Waals surface area contributed by atoms with Gasteiger partial charge in [-0.3, -0.25) is 29.4 Å². The fourth-order valence-corrected chi connectivity index (χ4v) is 2.94. The second kappa shape index (κ2) is 5.01. The fraction of sp³-hybridized carbons (Fsp3) is 0.333. The maximum absolute atomic E-state index is 13.8. The van der Waals surface area contributed by atoms with Crippen LogP contribution in [0.15, 0.2) is 12.1 Å². The van der Waals surface area contributed by atoms with Gasteiger partial charge in [-0.1, -0.05) is 6.92 Å². The Bertz CT molecular complexity index is 728. The Morgan fingerprint density at radius 3 is 2.59 bits per heavy atom. The molecule has 0 aliphatic carbocycles. The van der Waals surface area contributed by atoms with Crippen LogP contribution in [0.2, 0.25) is 0 Å². The molecule has 1 saturated heterocycles. The molecule has 6 nitrogen and oxygen atoms in total. The second-order valence-corrected chi connectivity index (χ2v) is 5.25. The van der Waals surface area contributed by atoms with Gasteiger partial charge in [-0.2, -0.15) is 0 Å². The molecule has 7 heteroatoms. The monoisotopic (exact) mass is 304 g/mol. The van der Waals surface area contributed by atoms with E-state index in [2.05, 4.69) is 5.32 Å². The third-order valence-corrected chi connectivity index (χ3v) is 4.01. The van der Waals surface area contributed by atoms with E-state index in [1.807, 2.05) is 0 Å². The number of nitrogens with one attached hydrogen (secondary N) is 1. The smallest absolute Gasteiger partial charge is 0.262 e. The molecule has 1 N–H and O–H groups in total. The molecule has 2 heterocycles. The van der Waals surface area contributed by atoms with Gasteiger partial charge in [-0.25, -0.2) is 4.39 Å². The topological polar surface area (TPSA) is 83.6 Å². The number of nitrogens with zero attached hydrogens (tertiary/aromatic N) is 1. The number of hydrogen-bond donors (Lipinski definition) is 1. The van der Waals surface area contributed by atoms with Crippen molar-refractivity contribution in [2.75, 3.05) is 0 Å². The van der Waals surface area contributed by atoms with E-state index in [1.54, 1.807) is 6.92 Å². The predicted molar refractivity (Wildman–Crippen MR) is 72.4 cm³/mol. The summed E-state index contributed by atoms with van der Waals surface area (Å²) in [5.41, 5.74) is 0.302. The van der Waals surface area contributed by atoms with Crippen molar-refractivity contribution in [2.24, 2.45) is 0 Å². The van der Waals surface area contributed by atoms with E-state index in [0.717, 1.165) is 11.0 Å². The van der Waals surface area contributed by atoms with E-state index in [-0.39, 0.29) is 36.0 Å². The Hall–Kier alpha value is -2.57. The Labute approximate surface area is 125 Å². The Balaban J connectivity index is 2.04. The molecule has 0 radical (unpaired) electrons. The lowest BCUT2D eigenvalue weighted by molar-refractivity contribution is -0.136. The minimum Gasteiger partial charge on any atom is -0.295 e. The van der Waals surface area contributed by atoms with Gasteiger partial charge in [0.15, 0.2) is 0 Å². The van der Waals surface area contributed by atoms with Crippen LogP contribution in [0.1, 0.15) is 46.0 Å². The summed E-state index contributed by atoms with van der Waals surface area (Å²) in [4.78, 5) is 48.9. The minimum absolute atomic E-state index is 0.0252. The van der Waals surface area contributed by atoms with E-state index in [4.69, 9.17) is 0 Å². The van der Waals surface area contributed by atoms with Crippen molar-refractivity contribution in [1.82, 2.24) is 10.2 Å². The quantitative estimate of drug-likeness (QED) is 0.819. The molecule has 1 atom stereocenters. The van der Waals surface area contributed by atoms with E-state index in [0.29, 0.717) is 0 Å². The van der Waals surface area contributed by atoms with Crippen molar-refractivity contribution in [3.63, 3.8) is 0 Å². The predicted octanol–water partition coefficient (Wildman–Crippen LogP) is 0.789. The van der Waals surface area contributed by atoms with Gasteiger partial charge < -0.3 is 0 Å². The zero-order chi connectivity index (χ0) is 16.0. The van der Waals surface area contributed by atoms with E-state index in [1.165, 1.54) is 6.07 Å². The molecule has 2 aliphatic rings. The molecule has 0 bridgehead atoms. The Morgan fingerprint density at radius 2 is 1.95 bits per heavy atom. The molecule has 3 rings (SSSR count). The minimum atomic E-state index is -1.03. The standard InChI is InChI=1S/C15H13FN2O4/c1-2-7-9(16)4-3-8-12(7)15(22)18(14(8)21)10-5-6-11(19)17-13(10)20/h3-4,10H,2,5-6H2,1H3,(H,17,19,20). The summed E-state index contributed by atoms with van der Waals surface area (Å²) < 4.78 is 13.8. The molecule has 0 saturated carbocycles. The van der Waals surface area contributed by atoms with Gasteiger partial charge in [0.25, 0.3) is 11.8 Å². The van der Waals surface area contributed by atoms with Gasteiger partial charge in [0.2, 0.25) is 11.8 Å². The maximum Gasteiger partial charge on any atom is 0.262 e. The zero-order valence-corrected chi connectivity index (χ0v) is 11.8. The number of halogens is 1. The van der Waals surface area contributed by atoms with E-state index < -0.39 is 35.5 Å². The molecule has 0 spiro atoms. The lowest BCUT2D eigenvalue weighted by atomic mass is 10.0. The summed E-state index contributed by atoms with van der Waals surface area (Å²) in [6.07, 6.45) is 0.399. The molecule has 1 aromatic rings. The molecule has 114 valence electrons. The van der Waals surface area contributed by atoms with Crippen molar-refractivity contribution < 1.29 is 23.6 Å². The number of imide groups is 2. The van der Waals surface area contributed by atoms with Crippen LogP contribution in [0, 0.1) is 5.82 Å². The third kappa shape index (κ3) is 1.93. The number of carbonyl (C=O) groups excluding carboxylic acids is 4. The number of rotatable bonds is 2. The van der Waals surface area contributed by atoms with Crippen molar-refractivity contribution >= 4 is 23.6 Å². The highest BCUT2D eigenvalue weighted by molar-refractivity contribution is 6.24. The molecule has 2 aliphatic heterocycles. The van der Waals surface area contributed by atoms with Crippen molar-refractivity contribution in [3.8, 4) is 0 Å². The Kier molecular flexibility index (Phi) is 3.27. The highest BCUT2D eigenvalue weighted by atomic mass is 19.1. The van der Waals surface area contributed by atoms with Gasteiger partial charge in [0, 0.05) is 12.0 Å². The molecule has 0 aromatic heterocycles. The van der Waals surface area contributed by atoms with E-state index >= 15 is 0 Å². The largest absolute Gasteiger partial charge is 0.295 e. The van der Waals surface area contributed by atoms with Gasteiger partial charge in [0.1, 0.15) is 11.9 Å². The first-order valence-electron chi connectivity index (χ1n) is 6.98. The summed E-state index contributed by atoms with van der Waals surface area (Å²) in [6.45, 7) is 1.69. The SMILES string of the molecule is CCc1c(F)ccc2c1C(=O)N(C1CCC(=O)NC1=O)C2=O. The van der Waals surface area contributed by atoms with Gasteiger partial charge in [0.05, 0.1) is 11.1 Å². The van der Waals surface area contributed by atoms with Crippen molar-refractivity contribution in [3.05, 3.63) is 34.6 Å². The molecule has 1 unspecified atom stereocenters.